The smallest absolute Gasteiger partial charge is 0.0920 e. The van der Waals surface area contributed by atoms with Crippen molar-refractivity contribution in [1.29, 1.82) is 0 Å². The van der Waals surface area contributed by atoms with Gasteiger partial charge in [0.2, 0.25) is 0 Å². The average molecular weight is 290 g/mol. The molecule has 0 aliphatic carbocycles. The zero-order valence-corrected chi connectivity index (χ0v) is 12.2. The van der Waals surface area contributed by atoms with Crippen LogP contribution < -0.4 is 5.48 Å². The fourth-order valence-electron chi connectivity index (χ4n) is 1.36. The van der Waals surface area contributed by atoms with Crippen molar-refractivity contribution in [2.75, 3.05) is 40.1 Å². The molecule has 0 bridgehead atoms. The first-order chi connectivity index (χ1) is 9.24. The molecule has 1 aromatic rings. The third-order valence-corrected chi connectivity index (χ3v) is 3.43. The molecule has 110 valence electrons. The summed E-state index contributed by atoms with van der Waals surface area (Å²) in [5, 5.41) is 9.61. The van der Waals surface area contributed by atoms with Gasteiger partial charge in [0.15, 0.2) is 0 Å². The van der Waals surface area contributed by atoms with Crippen LogP contribution in [0.3, 0.4) is 0 Å². The molecule has 0 saturated heterocycles. The number of nitrogens with zero attached hydrogens (tertiary/aromatic N) is 1. The normalized spacial score (nSPS) is 12.8. The third kappa shape index (κ3) is 7.56. The number of rotatable bonds is 11. The van der Waals surface area contributed by atoms with Gasteiger partial charge in [-0.15, -0.1) is 11.3 Å². The predicted molar refractivity (Wildman–Crippen MR) is 73.2 cm³/mol. The van der Waals surface area contributed by atoms with Crippen LogP contribution in [-0.2, 0) is 20.7 Å². The number of nitrogens with one attached hydrogen (secondary N) is 1. The minimum Gasteiger partial charge on any atom is -0.389 e. The summed E-state index contributed by atoms with van der Waals surface area (Å²) in [6, 6.07) is 0. The Morgan fingerprint density at radius 2 is 2.26 bits per heavy atom. The van der Waals surface area contributed by atoms with Gasteiger partial charge in [0.05, 0.1) is 43.7 Å². The quantitative estimate of drug-likeness (QED) is 0.458. The van der Waals surface area contributed by atoms with Crippen molar-refractivity contribution < 1.29 is 19.4 Å². The monoisotopic (exact) mass is 290 g/mol. The first-order valence-electron chi connectivity index (χ1n) is 6.22. The van der Waals surface area contributed by atoms with Gasteiger partial charge in [-0.05, 0) is 6.92 Å². The van der Waals surface area contributed by atoms with Crippen LogP contribution in [-0.4, -0.2) is 56.3 Å². The highest BCUT2D eigenvalue weighted by Gasteiger charge is 2.05. The number of aromatic nitrogens is 1. The van der Waals surface area contributed by atoms with E-state index in [1.807, 2.05) is 12.4 Å². The predicted octanol–water partition coefficient (Wildman–Crippen LogP) is 0.539. The maximum absolute atomic E-state index is 9.61. The second-order valence-corrected chi connectivity index (χ2v) is 4.97. The molecule has 0 radical (unpaired) electrons. The zero-order chi connectivity index (χ0) is 13.9. The van der Waals surface area contributed by atoms with Crippen molar-refractivity contribution in [3.8, 4) is 0 Å². The molecule has 19 heavy (non-hydrogen) atoms. The highest BCUT2D eigenvalue weighted by molar-refractivity contribution is 7.09. The molecule has 0 aliphatic rings. The van der Waals surface area contributed by atoms with Crippen molar-refractivity contribution >= 4 is 11.3 Å². The van der Waals surface area contributed by atoms with Gasteiger partial charge in [-0.3, -0.25) is 4.84 Å². The number of aliphatic hydroxyl groups is 1. The van der Waals surface area contributed by atoms with E-state index < -0.39 is 6.10 Å². The maximum Gasteiger partial charge on any atom is 0.0920 e. The Morgan fingerprint density at radius 3 is 2.95 bits per heavy atom. The molecular formula is C12H22N2O4S. The van der Waals surface area contributed by atoms with Crippen molar-refractivity contribution in [2.45, 2.75) is 19.4 Å². The molecule has 6 nitrogen and oxygen atoms in total. The second kappa shape index (κ2) is 10.2. The Labute approximate surface area is 117 Å². The van der Waals surface area contributed by atoms with Crippen LogP contribution >= 0.6 is 11.3 Å². The second-order valence-electron chi connectivity index (χ2n) is 4.03. The van der Waals surface area contributed by atoms with E-state index in [2.05, 4.69) is 10.5 Å². The molecule has 0 fully saturated rings. The fourth-order valence-corrected chi connectivity index (χ4v) is 2.12. The van der Waals surface area contributed by atoms with Gasteiger partial charge in [0.25, 0.3) is 0 Å². The van der Waals surface area contributed by atoms with E-state index in [9.17, 15) is 5.11 Å². The molecule has 0 saturated carbocycles. The number of aliphatic hydroxyl groups excluding tert-OH is 1. The van der Waals surface area contributed by atoms with E-state index in [-0.39, 0.29) is 0 Å². The topological polar surface area (TPSA) is 72.8 Å². The number of hydrogen-bond acceptors (Lipinski definition) is 7. The molecule has 1 atom stereocenters. The number of hydrogen-bond donors (Lipinski definition) is 2. The van der Waals surface area contributed by atoms with Crippen molar-refractivity contribution in [3.05, 3.63) is 16.1 Å². The number of thiazole rings is 1. The van der Waals surface area contributed by atoms with Crippen molar-refractivity contribution in [2.24, 2.45) is 0 Å². The number of aryl methyl sites for hydroxylation is 1. The highest BCUT2D eigenvalue weighted by Crippen LogP contribution is 2.12. The summed E-state index contributed by atoms with van der Waals surface area (Å²) in [5.74, 6) is 0. The Morgan fingerprint density at radius 1 is 1.42 bits per heavy atom. The number of ether oxygens (including phenoxy) is 2. The van der Waals surface area contributed by atoms with Gasteiger partial charge in [-0.25, -0.2) is 4.98 Å². The van der Waals surface area contributed by atoms with Crippen LogP contribution in [0.1, 0.15) is 10.6 Å². The van der Waals surface area contributed by atoms with E-state index in [4.69, 9.17) is 14.3 Å². The van der Waals surface area contributed by atoms with E-state index >= 15 is 0 Å². The lowest BCUT2D eigenvalue weighted by molar-refractivity contribution is -0.0285. The van der Waals surface area contributed by atoms with Crippen molar-refractivity contribution in [1.82, 2.24) is 10.5 Å². The molecule has 0 amide bonds. The summed E-state index contributed by atoms with van der Waals surface area (Å²) in [5.41, 5.74) is 5.56. The first-order valence-corrected chi connectivity index (χ1v) is 7.10. The van der Waals surface area contributed by atoms with Crippen LogP contribution in [0.4, 0.5) is 0 Å². The summed E-state index contributed by atoms with van der Waals surface area (Å²) < 4.78 is 10.2. The molecule has 1 rings (SSSR count). The molecule has 7 heteroatoms. The van der Waals surface area contributed by atoms with Gasteiger partial charge < -0.3 is 14.6 Å². The maximum atomic E-state index is 9.61. The molecular weight excluding hydrogens is 268 g/mol. The molecule has 0 spiro atoms. The summed E-state index contributed by atoms with van der Waals surface area (Å²) in [6.45, 7) is 4.18. The first kappa shape index (κ1) is 16.5. The number of hydroxylamine groups is 1. The average Bonchev–Trinajstić information content (AvgIpc) is 2.80. The lowest BCUT2D eigenvalue weighted by Gasteiger charge is -2.12. The standard InChI is InChI=1S/C12H22N2O4S/c1-10-12(19-9-13-10)3-4-17-8-11(15)7-14-18-6-5-16-2/h9,11,14-15H,3-8H2,1-2H3. The Balaban J connectivity index is 1.95. The zero-order valence-electron chi connectivity index (χ0n) is 11.4. The summed E-state index contributed by atoms with van der Waals surface area (Å²) >= 11 is 1.63. The van der Waals surface area contributed by atoms with E-state index in [0.29, 0.717) is 33.0 Å². The number of methoxy groups -OCH3 is 1. The highest BCUT2D eigenvalue weighted by atomic mass is 32.1. The minimum atomic E-state index is -0.579. The van der Waals surface area contributed by atoms with E-state index in [1.165, 1.54) is 4.88 Å². The Hall–Kier alpha value is -0.570. The van der Waals surface area contributed by atoms with Crippen LogP contribution in [0.25, 0.3) is 0 Å². The van der Waals surface area contributed by atoms with Crippen LogP contribution in [0.5, 0.6) is 0 Å². The van der Waals surface area contributed by atoms with Crippen LogP contribution in [0, 0.1) is 6.92 Å². The van der Waals surface area contributed by atoms with E-state index in [1.54, 1.807) is 18.4 Å². The van der Waals surface area contributed by atoms with Crippen molar-refractivity contribution in [3.63, 3.8) is 0 Å². The van der Waals surface area contributed by atoms with Gasteiger partial charge in [0, 0.05) is 25.0 Å². The molecule has 1 unspecified atom stereocenters. The van der Waals surface area contributed by atoms with Gasteiger partial charge in [-0.2, -0.15) is 5.48 Å². The molecule has 1 heterocycles. The Kier molecular flexibility index (Phi) is 8.89. The summed E-state index contributed by atoms with van der Waals surface area (Å²) in [6.07, 6.45) is 0.256. The molecule has 0 aliphatic heterocycles. The lowest BCUT2D eigenvalue weighted by atomic mass is 10.3. The lowest BCUT2D eigenvalue weighted by Crippen LogP contribution is -2.31. The van der Waals surface area contributed by atoms with Crippen LogP contribution in [0.15, 0.2) is 5.51 Å². The summed E-state index contributed by atoms with van der Waals surface area (Å²) in [4.78, 5) is 10.4. The van der Waals surface area contributed by atoms with E-state index in [0.717, 1.165) is 12.1 Å². The molecule has 0 aromatic carbocycles. The third-order valence-electron chi connectivity index (χ3n) is 2.44. The van der Waals surface area contributed by atoms with Crippen LogP contribution in [0.2, 0.25) is 0 Å². The largest absolute Gasteiger partial charge is 0.389 e. The van der Waals surface area contributed by atoms with Gasteiger partial charge in [0.1, 0.15) is 0 Å². The SMILES string of the molecule is COCCONCC(O)COCCc1scnc1C. The molecule has 2 N–H and O–H groups in total. The molecule has 1 aromatic heterocycles. The minimum absolute atomic E-state index is 0.290. The summed E-state index contributed by atoms with van der Waals surface area (Å²) in [7, 11) is 1.61. The fraction of sp³-hybridized carbons (Fsp3) is 0.750. The van der Waals surface area contributed by atoms with Gasteiger partial charge in [-0.1, -0.05) is 0 Å². The Bertz CT molecular complexity index is 335. The van der Waals surface area contributed by atoms with Gasteiger partial charge >= 0.3 is 0 Å².